The molecule has 0 aliphatic heterocycles. The van der Waals surface area contributed by atoms with Crippen molar-refractivity contribution in [3.05, 3.63) is 75.8 Å². The molecule has 1 N–H and O–H groups in total. The zero-order chi connectivity index (χ0) is 18.5. The van der Waals surface area contributed by atoms with Crippen LogP contribution in [0, 0.1) is 0 Å². The molecule has 2 aromatic carbocycles. The minimum absolute atomic E-state index is 0.0946. The molecule has 0 bridgehead atoms. The van der Waals surface area contributed by atoms with E-state index in [1.165, 1.54) is 5.56 Å². The number of hydrogen-bond donors (Lipinski definition) is 1. The van der Waals surface area contributed by atoms with Crippen LogP contribution in [-0.4, -0.2) is 27.8 Å². The van der Waals surface area contributed by atoms with E-state index < -0.39 is 0 Å². The number of unbranched alkanes of at least 4 members (excludes halogenated alkanes) is 1. The second-order valence-electron chi connectivity index (χ2n) is 6.49. The highest BCUT2D eigenvalue weighted by atomic mass is 16.2. The van der Waals surface area contributed by atoms with Crippen molar-refractivity contribution < 1.29 is 4.79 Å². The van der Waals surface area contributed by atoms with E-state index in [-0.39, 0.29) is 18.0 Å². The van der Waals surface area contributed by atoms with Crippen molar-refractivity contribution >= 4 is 16.8 Å². The summed E-state index contributed by atoms with van der Waals surface area (Å²) >= 11 is 0. The van der Waals surface area contributed by atoms with Gasteiger partial charge in [-0.25, -0.2) is 4.98 Å². The van der Waals surface area contributed by atoms with Crippen LogP contribution in [-0.2, 0) is 13.0 Å². The van der Waals surface area contributed by atoms with Crippen molar-refractivity contribution in [2.45, 2.75) is 32.7 Å². The second kappa shape index (κ2) is 7.95. The summed E-state index contributed by atoms with van der Waals surface area (Å²) < 4.78 is 0. The molecule has 0 spiro atoms. The zero-order valence-corrected chi connectivity index (χ0v) is 15.2. The number of fused-ring (bicyclic) bond motifs is 1. The number of carbonyl (C=O) groups is 1. The van der Waals surface area contributed by atoms with Crippen LogP contribution in [0.1, 0.15) is 41.5 Å². The molecule has 0 aliphatic carbocycles. The van der Waals surface area contributed by atoms with Crippen LogP contribution >= 0.6 is 0 Å². The summed E-state index contributed by atoms with van der Waals surface area (Å²) in [6.07, 6.45) is 3.33. The van der Waals surface area contributed by atoms with Crippen LogP contribution in [0.3, 0.4) is 0 Å². The minimum atomic E-state index is -0.188. The van der Waals surface area contributed by atoms with Gasteiger partial charge in [0.05, 0.1) is 17.4 Å². The van der Waals surface area contributed by atoms with Gasteiger partial charge in [0.2, 0.25) is 0 Å². The number of para-hydroxylation sites is 1. The van der Waals surface area contributed by atoms with E-state index in [0.717, 1.165) is 19.3 Å². The van der Waals surface area contributed by atoms with Crippen molar-refractivity contribution in [1.82, 2.24) is 14.9 Å². The van der Waals surface area contributed by atoms with E-state index in [2.05, 4.69) is 16.9 Å². The summed E-state index contributed by atoms with van der Waals surface area (Å²) in [5, 5.41) is 0.549. The summed E-state index contributed by atoms with van der Waals surface area (Å²) in [6, 6.07) is 14.9. The Morgan fingerprint density at radius 2 is 1.85 bits per heavy atom. The number of H-pyrrole nitrogens is 1. The highest BCUT2D eigenvalue weighted by Crippen LogP contribution is 2.11. The largest absolute Gasteiger partial charge is 0.334 e. The molecule has 1 heterocycles. The Labute approximate surface area is 152 Å². The normalized spacial score (nSPS) is 10.8. The first-order valence-electron chi connectivity index (χ1n) is 8.91. The quantitative estimate of drug-likeness (QED) is 0.740. The van der Waals surface area contributed by atoms with Gasteiger partial charge in [0.25, 0.3) is 11.5 Å². The van der Waals surface area contributed by atoms with Crippen LogP contribution < -0.4 is 5.56 Å². The number of nitrogens with one attached hydrogen (secondary N) is 1. The van der Waals surface area contributed by atoms with E-state index in [9.17, 15) is 9.59 Å². The molecule has 5 heteroatoms. The molecule has 3 aromatic rings. The fourth-order valence-corrected chi connectivity index (χ4v) is 2.92. The van der Waals surface area contributed by atoms with Gasteiger partial charge in [0.15, 0.2) is 0 Å². The molecule has 0 fully saturated rings. The van der Waals surface area contributed by atoms with Crippen molar-refractivity contribution in [2.75, 3.05) is 7.05 Å². The van der Waals surface area contributed by atoms with E-state index in [0.29, 0.717) is 22.3 Å². The van der Waals surface area contributed by atoms with Crippen LogP contribution in [0.4, 0.5) is 0 Å². The Bertz CT molecular complexity index is 961. The Morgan fingerprint density at radius 3 is 2.58 bits per heavy atom. The number of nitrogens with zero attached hydrogens (tertiary/aromatic N) is 2. The molecule has 134 valence electrons. The predicted molar refractivity (Wildman–Crippen MR) is 103 cm³/mol. The molecule has 5 nitrogen and oxygen atoms in total. The minimum Gasteiger partial charge on any atom is -0.334 e. The van der Waals surface area contributed by atoms with Gasteiger partial charge in [0, 0.05) is 12.6 Å². The van der Waals surface area contributed by atoms with Crippen molar-refractivity contribution in [3.63, 3.8) is 0 Å². The van der Waals surface area contributed by atoms with Crippen LogP contribution in [0.15, 0.2) is 53.3 Å². The van der Waals surface area contributed by atoms with Crippen molar-refractivity contribution in [3.8, 4) is 0 Å². The molecule has 0 atom stereocenters. The molecular formula is C21H23N3O2. The summed E-state index contributed by atoms with van der Waals surface area (Å²) in [5.41, 5.74) is 2.32. The van der Waals surface area contributed by atoms with Gasteiger partial charge < -0.3 is 9.88 Å². The number of amides is 1. The second-order valence-corrected chi connectivity index (χ2v) is 6.49. The topological polar surface area (TPSA) is 66.1 Å². The number of benzene rings is 2. The third-order valence-electron chi connectivity index (χ3n) is 4.42. The van der Waals surface area contributed by atoms with Crippen LogP contribution in [0.2, 0.25) is 0 Å². The van der Waals surface area contributed by atoms with Gasteiger partial charge in [-0.1, -0.05) is 37.6 Å². The molecule has 1 amide bonds. The first-order chi connectivity index (χ1) is 12.6. The molecule has 3 rings (SSSR count). The van der Waals surface area contributed by atoms with Crippen molar-refractivity contribution in [2.24, 2.45) is 0 Å². The molecule has 0 saturated heterocycles. The fourth-order valence-electron chi connectivity index (χ4n) is 2.92. The van der Waals surface area contributed by atoms with Crippen LogP contribution in [0.25, 0.3) is 10.9 Å². The first kappa shape index (κ1) is 17.9. The van der Waals surface area contributed by atoms with E-state index in [1.54, 1.807) is 30.1 Å². The summed E-state index contributed by atoms with van der Waals surface area (Å²) in [4.78, 5) is 33.5. The standard InChI is InChI=1S/C21H23N3O2/c1-3-4-7-15-10-12-16(13-11-15)21(26)24(2)14-19-22-18-9-6-5-8-17(18)20(25)23-19/h5-6,8-13H,3-4,7,14H2,1-2H3,(H,22,23,25). The predicted octanol–water partition coefficient (Wildman–Crippen LogP) is 3.54. The summed E-state index contributed by atoms with van der Waals surface area (Å²) in [6.45, 7) is 2.41. The third kappa shape index (κ3) is 3.99. The lowest BCUT2D eigenvalue weighted by Gasteiger charge is -2.17. The maximum absolute atomic E-state index is 12.6. The Kier molecular flexibility index (Phi) is 5.46. The maximum atomic E-state index is 12.6. The van der Waals surface area contributed by atoms with Gasteiger partial charge in [-0.15, -0.1) is 0 Å². The number of hydrogen-bond acceptors (Lipinski definition) is 3. The zero-order valence-electron chi connectivity index (χ0n) is 15.2. The molecular weight excluding hydrogens is 326 g/mol. The van der Waals surface area contributed by atoms with E-state index in [1.807, 2.05) is 30.3 Å². The molecule has 0 radical (unpaired) electrons. The van der Waals surface area contributed by atoms with Gasteiger partial charge in [-0.2, -0.15) is 0 Å². The van der Waals surface area contributed by atoms with Crippen molar-refractivity contribution in [1.29, 1.82) is 0 Å². The Hall–Kier alpha value is -2.95. The smallest absolute Gasteiger partial charge is 0.258 e. The number of aromatic nitrogens is 2. The van der Waals surface area contributed by atoms with Gasteiger partial charge >= 0.3 is 0 Å². The average molecular weight is 349 g/mol. The lowest BCUT2D eigenvalue weighted by molar-refractivity contribution is 0.0781. The summed E-state index contributed by atoms with van der Waals surface area (Å²) in [5.74, 6) is 0.381. The van der Waals surface area contributed by atoms with E-state index >= 15 is 0 Å². The number of rotatable bonds is 6. The number of carbonyl (C=O) groups excluding carboxylic acids is 1. The number of aromatic amines is 1. The lowest BCUT2D eigenvalue weighted by atomic mass is 10.1. The molecule has 0 saturated carbocycles. The van der Waals surface area contributed by atoms with Gasteiger partial charge in [-0.05, 0) is 42.7 Å². The number of aryl methyl sites for hydroxylation is 1. The molecule has 26 heavy (non-hydrogen) atoms. The van der Waals surface area contributed by atoms with Gasteiger partial charge in [0.1, 0.15) is 5.82 Å². The molecule has 0 aliphatic rings. The maximum Gasteiger partial charge on any atom is 0.258 e. The fraction of sp³-hybridized carbons (Fsp3) is 0.286. The molecule has 1 aromatic heterocycles. The monoisotopic (exact) mass is 349 g/mol. The highest BCUT2D eigenvalue weighted by Gasteiger charge is 2.14. The first-order valence-corrected chi connectivity index (χ1v) is 8.91. The Balaban J connectivity index is 1.74. The SMILES string of the molecule is CCCCc1ccc(C(=O)N(C)Cc2nc3ccccc3c(=O)[nH]2)cc1. The lowest BCUT2D eigenvalue weighted by Crippen LogP contribution is -2.28. The summed E-state index contributed by atoms with van der Waals surface area (Å²) in [7, 11) is 1.71. The third-order valence-corrected chi connectivity index (χ3v) is 4.42. The molecule has 0 unspecified atom stereocenters. The highest BCUT2D eigenvalue weighted by molar-refractivity contribution is 5.94. The van der Waals surface area contributed by atoms with Crippen LogP contribution in [0.5, 0.6) is 0 Å². The average Bonchev–Trinajstić information content (AvgIpc) is 2.66. The Morgan fingerprint density at radius 1 is 1.12 bits per heavy atom. The van der Waals surface area contributed by atoms with E-state index in [4.69, 9.17) is 0 Å². The van der Waals surface area contributed by atoms with Gasteiger partial charge in [-0.3, -0.25) is 9.59 Å².